The summed E-state index contributed by atoms with van der Waals surface area (Å²) in [6, 6.07) is -0.346. The Morgan fingerprint density at radius 2 is 2.53 bits per heavy atom. The molecule has 1 aliphatic rings. The van der Waals surface area contributed by atoms with Crippen molar-refractivity contribution < 1.29 is 9.59 Å². The second-order valence-corrected chi connectivity index (χ2v) is 4.28. The molecule has 1 unspecified atom stereocenters. The third-order valence-electron chi connectivity index (χ3n) is 2.46. The molecule has 0 aliphatic carbocycles. The monoisotopic (exact) mass is 225 g/mol. The topological polar surface area (TPSA) is 62.3 Å². The van der Waals surface area contributed by atoms with E-state index in [9.17, 15) is 9.59 Å². The molecule has 1 saturated heterocycles. The number of thiazole rings is 1. The van der Waals surface area contributed by atoms with Crippen LogP contribution in [0.15, 0.2) is 11.6 Å². The van der Waals surface area contributed by atoms with Crippen molar-refractivity contribution in [2.24, 2.45) is 0 Å². The first-order chi connectivity index (χ1) is 7.18. The van der Waals surface area contributed by atoms with E-state index in [0.29, 0.717) is 18.0 Å². The molecule has 0 spiro atoms. The summed E-state index contributed by atoms with van der Waals surface area (Å²) in [5, 5.41) is 5.06. The van der Waals surface area contributed by atoms with Crippen LogP contribution in [-0.4, -0.2) is 34.8 Å². The number of nitrogens with one attached hydrogen (secondary N) is 1. The lowest BCUT2D eigenvalue weighted by Gasteiger charge is -2.17. The molecule has 2 amide bonds. The molecular formula is C9H11N3O2S. The Labute approximate surface area is 91.1 Å². The SMILES string of the molecule is CN1C(=O)CCC1C(=O)Nc1nccs1. The van der Waals surface area contributed by atoms with Crippen LogP contribution in [0.5, 0.6) is 0 Å². The Morgan fingerprint density at radius 3 is 3.07 bits per heavy atom. The highest BCUT2D eigenvalue weighted by Gasteiger charge is 2.33. The van der Waals surface area contributed by atoms with Crippen LogP contribution in [0.4, 0.5) is 5.13 Å². The maximum atomic E-state index is 11.7. The number of likely N-dealkylation sites (N-methyl/N-ethyl adjacent to an activating group) is 1. The van der Waals surface area contributed by atoms with Crippen LogP contribution in [0.2, 0.25) is 0 Å². The van der Waals surface area contributed by atoms with Gasteiger partial charge in [-0.15, -0.1) is 11.3 Å². The van der Waals surface area contributed by atoms with Gasteiger partial charge < -0.3 is 10.2 Å². The lowest BCUT2D eigenvalue weighted by molar-refractivity contribution is -0.131. The lowest BCUT2D eigenvalue weighted by atomic mass is 10.2. The largest absolute Gasteiger partial charge is 0.334 e. The highest BCUT2D eigenvalue weighted by atomic mass is 32.1. The van der Waals surface area contributed by atoms with Gasteiger partial charge in [0, 0.05) is 25.0 Å². The zero-order valence-corrected chi connectivity index (χ0v) is 9.08. The predicted octanol–water partition coefficient (Wildman–Crippen LogP) is 0.702. The van der Waals surface area contributed by atoms with Gasteiger partial charge in [0.05, 0.1) is 0 Å². The molecule has 1 aromatic heterocycles. The first-order valence-electron chi connectivity index (χ1n) is 4.64. The molecule has 2 heterocycles. The Hall–Kier alpha value is -1.43. The number of carbonyl (C=O) groups is 2. The van der Waals surface area contributed by atoms with E-state index in [1.165, 1.54) is 16.2 Å². The van der Waals surface area contributed by atoms with E-state index in [-0.39, 0.29) is 17.9 Å². The highest BCUT2D eigenvalue weighted by molar-refractivity contribution is 7.13. The first kappa shape index (κ1) is 10.1. The van der Waals surface area contributed by atoms with E-state index in [0.717, 1.165) is 0 Å². The number of aromatic nitrogens is 1. The summed E-state index contributed by atoms with van der Waals surface area (Å²) in [6.07, 6.45) is 2.67. The summed E-state index contributed by atoms with van der Waals surface area (Å²) in [7, 11) is 1.65. The second kappa shape index (κ2) is 3.98. The third-order valence-corrected chi connectivity index (χ3v) is 3.15. The Kier molecular flexibility index (Phi) is 2.68. The van der Waals surface area contributed by atoms with E-state index < -0.39 is 0 Å². The van der Waals surface area contributed by atoms with Crippen molar-refractivity contribution in [3.8, 4) is 0 Å². The van der Waals surface area contributed by atoms with Crippen LogP contribution in [0.1, 0.15) is 12.8 Å². The molecule has 15 heavy (non-hydrogen) atoms. The molecule has 1 N–H and O–H groups in total. The van der Waals surface area contributed by atoms with Gasteiger partial charge in [0.15, 0.2) is 5.13 Å². The van der Waals surface area contributed by atoms with Crippen LogP contribution in [0.25, 0.3) is 0 Å². The quantitative estimate of drug-likeness (QED) is 0.806. The summed E-state index contributed by atoms with van der Waals surface area (Å²) in [5.74, 6) is -0.132. The van der Waals surface area contributed by atoms with Crippen molar-refractivity contribution in [2.45, 2.75) is 18.9 Å². The standard InChI is InChI=1S/C9H11N3O2S/c1-12-6(2-3-7(12)13)8(14)11-9-10-4-5-15-9/h4-6H,2-3H2,1H3,(H,10,11,14). The maximum absolute atomic E-state index is 11.7. The molecule has 0 radical (unpaired) electrons. The number of hydrogen-bond donors (Lipinski definition) is 1. The fourth-order valence-corrected chi connectivity index (χ4v) is 2.12. The zero-order valence-electron chi connectivity index (χ0n) is 8.27. The second-order valence-electron chi connectivity index (χ2n) is 3.39. The van der Waals surface area contributed by atoms with Crippen LogP contribution < -0.4 is 5.32 Å². The van der Waals surface area contributed by atoms with Gasteiger partial charge in [-0.1, -0.05) is 0 Å². The average Bonchev–Trinajstić information content (AvgIpc) is 2.79. The van der Waals surface area contributed by atoms with E-state index in [2.05, 4.69) is 10.3 Å². The fraction of sp³-hybridized carbons (Fsp3) is 0.444. The molecule has 1 fully saturated rings. The first-order valence-corrected chi connectivity index (χ1v) is 5.52. The van der Waals surface area contributed by atoms with Gasteiger partial charge in [0.2, 0.25) is 11.8 Å². The van der Waals surface area contributed by atoms with Gasteiger partial charge in [-0.05, 0) is 6.42 Å². The zero-order chi connectivity index (χ0) is 10.8. The Balaban J connectivity index is 2.00. The summed E-state index contributed by atoms with van der Waals surface area (Å²) in [6.45, 7) is 0. The summed E-state index contributed by atoms with van der Waals surface area (Å²) >= 11 is 1.37. The van der Waals surface area contributed by atoms with Gasteiger partial charge in [-0.25, -0.2) is 4.98 Å². The van der Waals surface area contributed by atoms with E-state index in [1.54, 1.807) is 18.6 Å². The molecule has 80 valence electrons. The van der Waals surface area contributed by atoms with Crippen molar-refractivity contribution in [3.63, 3.8) is 0 Å². The fourth-order valence-electron chi connectivity index (χ4n) is 1.58. The third kappa shape index (κ3) is 1.99. The van der Waals surface area contributed by atoms with Crippen LogP contribution in [0.3, 0.4) is 0 Å². The summed E-state index contributed by atoms with van der Waals surface area (Å²) < 4.78 is 0. The van der Waals surface area contributed by atoms with Crippen molar-refractivity contribution in [2.75, 3.05) is 12.4 Å². The van der Waals surface area contributed by atoms with Crippen molar-refractivity contribution in [1.29, 1.82) is 0 Å². The number of carbonyl (C=O) groups excluding carboxylic acids is 2. The number of nitrogens with zero attached hydrogens (tertiary/aromatic N) is 2. The summed E-state index contributed by atoms with van der Waals surface area (Å²) in [5.41, 5.74) is 0. The molecular weight excluding hydrogens is 214 g/mol. The van der Waals surface area contributed by atoms with Gasteiger partial charge in [-0.3, -0.25) is 9.59 Å². The molecule has 1 aliphatic heterocycles. The smallest absolute Gasteiger partial charge is 0.248 e. The Morgan fingerprint density at radius 1 is 1.73 bits per heavy atom. The number of likely N-dealkylation sites (tertiary alicyclic amines) is 1. The number of rotatable bonds is 2. The highest BCUT2D eigenvalue weighted by Crippen LogP contribution is 2.19. The van der Waals surface area contributed by atoms with E-state index in [1.807, 2.05) is 0 Å². The van der Waals surface area contributed by atoms with Crippen LogP contribution in [0, 0.1) is 0 Å². The normalized spacial score (nSPS) is 20.7. The maximum Gasteiger partial charge on any atom is 0.248 e. The minimum atomic E-state index is -0.346. The van der Waals surface area contributed by atoms with Crippen molar-refractivity contribution >= 4 is 28.3 Å². The molecule has 0 saturated carbocycles. The van der Waals surface area contributed by atoms with Gasteiger partial charge in [0.25, 0.3) is 0 Å². The van der Waals surface area contributed by atoms with E-state index >= 15 is 0 Å². The molecule has 6 heteroatoms. The van der Waals surface area contributed by atoms with Crippen LogP contribution in [-0.2, 0) is 9.59 Å². The van der Waals surface area contributed by atoms with Crippen molar-refractivity contribution in [1.82, 2.24) is 9.88 Å². The predicted molar refractivity (Wildman–Crippen MR) is 56.5 cm³/mol. The minimum absolute atomic E-state index is 0.0225. The number of amides is 2. The van der Waals surface area contributed by atoms with Gasteiger partial charge >= 0.3 is 0 Å². The summed E-state index contributed by atoms with van der Waals surface area (Å²) in [4.78, 5) is 28.4. The van der Waals surface area contributed by atoms with Crippen LogP contribution >= 0.6 is 11.3 Å². The minimum Gasteiger partial charge on any atom is -0.334 e. The van der Waals surface area contributed by atoms with Gasteiger partial charge in [0.1, 0.15) is 6.04 Å². The molecule has 5 nitrogen and oxygen atoms in total. The average molecular weight is 225 g/mol. The lowest BCUT2D eigenvalue weighted by Crippen LogP contribution is -2.38. The molecule has 0 aromatic carbocycles. The molecule has 1 atom stereocenters. The van der Waals surface area contributed by atoms with Gasteiger partial charge in [-0.2, -0.15) is 0 Å². The van der Waals surface area contributed by atoms with E-state index in [4.69, 9.17) is 0 Å². The molecule has 1 aromatic rings. The number of hydrogen-bond acceptors (Lipinski definition) is 4. The Bertz CT molecular complexity index is 377. The molecule has 2 rings (SSSR count). The molecule has 0 bridgehead atoms. The van der Waals surface area contributed by atoms with Crippen molar-refractivity contribution in [3.05, 3.63) is 11.6 Å². The number of anilines is 1.